The number of carbonyl (C=O) groups excluding carboxylic acids is 1. The Balaban J connectivity index is 0.00000180. The van der Waals surface area contributed by atoms with Crippen molar-refractivity contribution >= 4 is 30.7 Å². The standard InChI is InChI=1S/C14H21N3O.2ClH/c1-9-8-15-7-6-13(9)17-14(18)12-5-4-10(2)16-11(12)3;;/h4-5,9,13,15H,6-8H2,1-3H3,(H,17,18);2*1H. The average molecular weight is 320 g/mol. The summed E-state index contributed by atoms with van der Waals surface area (Å²) < 4.78 is 0. The van der Waals surface area contributed by atoms with E-state index < -0.39 is 0 Å². The number of nitrogens with one attached hydrogen (secondary N) is 2. The molecule has 2 heterocycles. The van der Waals surface area contributed by atoms with Crippen molar-refractivity contribution < 1.29 is 4.79 Å². The van der Waals surface area contributed by atoms with Gasteiger partial charge in [0.15, 0.2) is 0 Å². The summed E-state index contributed by atoms with van der Waals surface area (Å²) in [7, 11) is 0. The zero-order valence-electron chi connectivity index (χ0n) is 12.1. The lowest BCUT2D eigenvalue weighted by Crippen LogP contribution is -2.48. The highest BCUT2D eigenvalue weighted by atomic mass is 35.5. The Hall–Kier alpha value is -0.840. The molecule has 1 aromatic heterocycles. The van der Waals surface area contributed by atoms with Crippen molar-refractivity contribution in [2.75, 3.05) is 13.1 Å². The number of nitrogens with zero attached hydrogens (tertiary/aromatic N) is 1. The van der Waals surface area contributed by atoms with E-state index in [9.17, 15) is 4.79 Å². The fourth-order valence-electron chi connectivity index (χ4n) is 2.40. The van der Waals surface area contributed by atoms with Gasteiger partial charge in [-0.05, 0) is 51.4 Å². The molecule has 0 radical (unpaired) electrons. The maximum absolute atomic E-state index is 12.2. The summed E-state index contributed by atoms with van der Waals surface area (Å²) in [6, 6.07) is 4.01. The molecule has 4 nitrogen and oxygen atoms in total. The highest BCUT2D eigenvalue weighted by Gasteiger charge is 2.23. The lowest BCUT2D eigenvalue weighted by atomic mass is 9.95. The molecule has 0 aliphatic carbocycles. The third-order valence-corrected chi connectivity index (χ3v) is 3.57. The Morgan fingerprint density at radius 2 is 2.05 bits per heavy atom. The van der Waals surface area contributed by atoms with Gasteiger partial charge in [-0.25, -0.2) is 0 Å². The summed E-state index contributed by atoms with van der Waals surface area (Å²) in [5.41, 5.74) is 2.43. The van der Waals surface area contributed by atoms with Crippen LogP contribution in [0.4, 0.5) is 0 Å². The maximum atomic E-state index is 12.2. The minimum absolute atomic E-state index is 0. The largest absolute Gasteiger partial charge is 0.349 e. The minimum atomic E-state index is -0.00116. The van der Waals surface area contributed by atoms with E-state index in [-0.39, 0.29) is 36.8 Å². The van der Waals surface area contributed by atoms with Gasteiger partial charge in [0.1, 0.15) is 0 Å². The van der Waals surface area contributed by atoms with Crippen molar-refractivity contribution in [1.82, 2.24) is 15.6 Å². The summed E-state index contributed by atoms with van der Waals surface area (Å²) in [4.78, 5) is 16.6. The molecule has 20 heavy (non-hydrogen) atoms. The van der Waals surface area contributed by atoms with E-state index in [1.165, 1.54) is 0 Å². The topological polar surface area (TPSA) is 54.0 Å². The maximum Gasteiger partial charge on any atom is 0.253 e. The fraction of sp³-hybridized carbons (Fsp3) is 0.571. The zero-order valence-corrected chi connectivity index (χ0v) is 13.7. The van der Waals surface area contributed by atoms with Gasteiger partial charge in [-0.3, -0.25) is 9.78 Å². The highest BCUT2D eigenvalue weighted by Crippen LogP contribution is 2.12. The smallest absolute Gasteiger partial charge is 0.253 e. The Bertz CT molecular complexity index is 454. The van der Waals surface area contributed by atoms with Gasteiger partial charge < -0.3 is 10.6 Å². The van der Waals surface area contributed by atoms with Crippen molar-refractivity contribution in [3.8, 4) is 0 Å². The average Bonchev–Trinajstić information content (AvgIpc) is 2.32. The second kappa shape index (κ2) is 8.45. The third kappa shape index (κ3) is 4.62. The molecule has 0 aromatic carbocycles. The van der Waals surface area contributed by atoms with Crippen LogP contribution in [0.1, 0.15) is 35.1 Å². The van der Waals surface area contributed by atoms with Gasteiger partial charge in [0.05, 0.1) is 11.3 Å². The van der Waals surface area contributed by atoms with Gasteiger partial charge in [-0.15, -0.1) is 24.8 Å². The van der Waals surface area contributed by atoms with Crippen LogP contribution in [0.25, 0.3) is 0 Å². The first kappa shape index (κ1) is 19.2. The number of aryl methyl sites for hydroxylation is 2. The van der Waals surface area contributed by atoms with Crippen LogP contribution in [-0.2, 0) is 0 Å². The van der Waals surface area contributed by atoms with Gasteiger partial charge in [0.25, 0.3) is 5.91 Å². The second-order valence-electron chi connectivity index (χ2n) is 5.14. The summed E-state index contributed by atoms with van der Waals surface area (Å²) in [6.07, 6.45) is 0.991. The second-order valence-corrected chi connectivity index (χ2v) is 5.14. The molecule has 2 unspecified atom stereocenters. The van der Waals surface area contributed by atoms with E-state index in [1.807, 2.05) is 26.0 Å². The Morgan fingerprint density at radius 3 is 2.65 bits per heavy atom. The van der Waals surface area contributed by atoms with Crippen molar-refractivity contribution in [3.05, 3.63) is 29.1 Å². The van der Waals surface area contributed by atoms with Crippen LogP contribution in [0.15, 0.2) is 12.1 Å². The summed E-state index contributed by atoms with van der Waals surface area (Å²) in [6.45, 7) is 7.92. The van der Waals surface area contributed by atoms with E-state index in [0.29, 0.717) is 11.5 Å². The van der Waals surface area contributed by atoms with E-state index in [4.69, 9.17) is 0 Å². The van der Waals surface area contributed by atoms with Crippen LogP contribution in [0.2, 0.25) is 0 Å². The molecular weight excluding hydrogens is 297 g/mol. The third-order valence-electron chi connectivity index (χ3n) is 3.57. The van der Waals surface area contributed by atoms with Gasteiger partial charge in [-0.2, -0.15) is 0 Å². The van der Waals surface area contributed by atoms with E-state index >= 15 is 0 Å². The first-order chi connectivity index (χ1) is 8.58. The number of carbonyl (C=O) groups is 1. The number of pyridine rings is 1. The summed E-state index contributed by atoms with van der Waals surface area (Å²) in [5.74, 6) is 0.472. The molecule has 0 saturated carbocycles. The number of aromatic nitrogens is 1. The number of hydrogen-bond donors (Lipinski definition) is 2. The molecule has 1 aliphatic heterocycles. The molecule has 114 valence electrons. The van der Waals surface area contributed by atoms with Gasteiger partial charge in [0.2, 0.25) is 0 Å². The Morgan fingerprint density at radius 1 is 1.35 bits per heavy atom. The molecule has 6 heteroatoms. The van der Waals surface area contributed by atoms with Crippen LogP contribution in [0, 0.1) is 19.8 Å². The van der Waals surface area contributed by atoms with E-state index in [1.54, 1.807) is 0 Å². The lowest BCUT2D eigenvalue weighted by molar-refractivity contribution is 0.0913. The van der Waals surface area contributed by atoms with Crippen LogP contribution in [0.5, 0.6) is 0 Å². The van der Waals surface area contributed by atoms with Crippen LogP contribution >= 0.6 is 24.8 Å². The minimum Gasteiger partial charge on any atom is -0.349 e. The first-order valence-corrected chi connectivity index (χ1v) is 6.53. The van der Waals surface area contributed by atoms with Gasteiger partial charge >= 0.3 is 0 Å². The van der Waals surface area contributed by atoms with Crippen LogP contribution in [0.3, 0.4) is 0 Å². The number of hydrogen-bond acceptors (Lipinski definition) is 3. The van der Waals surface area contributed by atoms with Gasteiger partial charge in [0, 0.05) is 11.7 Å². The molecule has 1 aromatic rings. The normalized spacial score (nSPS) is 21.4. The lowest BCUT2D eigenvalue weighted by Gasteiger charge is -2.30. The zero-order chi connectivity index (χ0) is 13.1. The molecule has 1 fully saturated rings. The molecule has 1 amide bonds. The number of halogens is 2. The Kier molecular flexibility index (Phi) is 8.09. The fourth-order valence-corrected chi connectivity index (χ4v) is 2.40. The molecule has 2 N–H and O–H groups in total. The molecule has 1 saturated heterocycles. The molecule has 2 atom stereocenters. The van der Waals surface area contributed by atoms with Gasteiger partial charge in [-0.1, -0.05) is 6.92 Å². The summed E-state index contributed by atoms with van der Waals surface area (Å²) >= 11 is 0. The molecule has 1 aliphatic rings. The SMILES string of the molecule is Cc1ccc(C(=O)NC2CCNCC2C)c(C)n1.Cl.Cl. The van der Waals surface area contributed by atoms with Crippen molar-refractivity contribution in [3.63, 3.8) is 0 Å². The van der Waals surface area contributed by atoms with Crippen molar-refractivity contribution in [2.45, 2.75) is 33.2 Å². The van der Waals surface area contributed by atoms with E-state index in [0.717, 1.165) is 30.9 Å². The molecule has 0 bridgehead atoms. The highest BCUT2D eigenvalue weighted by molar-refractivity contribution is 5.95. The molecule has 0 spiro atoms. The van der Waals surface area contributed by atoms with Crippen LogP contribution < -0.4 is 10.6 Å². The van der Waals surface area contributed by atoms with E-state index in [2.05, 4.69) is 22.5 Å². The quantitative estimate of drug-likeness (QED) is 0.879. The predicted octanol–water partition coefficient (Wildman–Crippen LogP) is 2.27. The van der Waals surface area contributed by atoms with Crippen molar-refractivity contribution in [2.24, 2.45) is 5.92 Å². The number of piperidine rings is 1. The van der Waals surface area contributed by atoms with Crippen molar-refractivity contribution in [1.29, 1.82) is 0 Å². The van der Waals surface area contributed by atoms with Crippen LogP contribution in [-0.4, -0.2) is 30.0 Å². The number of amides is 1. The molecular formula is C14H23Cl2N3O. The first-order valence-electron chi connectivity index (χ1n) is 6.53. The predicted molar refractivity (Wildman–Crippen MR) is 86.1 cm³/mol. The monoisotopic (exact) mass is 319 g/mol. The summed E-state index contributed by atoms with van der Waals surface area (Å²) in [5, 5.41) is 6.46. The molecule has 2 rings (SSSR count). The number of rotatable bonds is 2. The Labute approximate surface area is 132 Å².